The zero-order valence-corrected chi connectivity index (χ0v) is 10.8. The summed E-state index contributed by atoms with van der Waals surface area (Å²) < 4.78 is 20.9. The maximum absolute atomic E-state index is 12.2. The Bertz CT molecular complexity index is 637. The third-order valence-corrected chi connectivity index (χ3v) is 4.23. The minimum Gasteiger partial charge on any atom is -0.468 e. The first kappa shape index (κ1) is 11.6. The number of fused-ring (bicyclic) bond motifs is 4. The van der Waals surface area contributed by atoms with Crippen molar-refractivity contribution in [2.24, 2.45) is 5.41 Å². The van der Waals surface area contributed by atoms with Gasteiger partial charge in [0.05, 0.1) is 13.5 Å². The summed E-state index contributed by atoms with van der Waals surface area (Å²) in [5.74, 6) is 0.498. The lowest BCUT2D eigenvalue weighted by Gasteiger charge is -2.22. The van der Waals surface area contributed by atoms with Crippen molar-refractivity contribution in [2.75, 3.05) is 13.9 Å². The van der Waals surface area contributed by atoms with Crippen molar-refractivity contribution in [1.29, 1.82) is 0 Å². The molecule has 2 atom stereocenters. The molecule has 0 saturated carbocycles. The SMILES string of the molecule is COC(=O)C12CC(=O)OC1c1cc3c(cc1C2)OCO3. The third-order valence-electron chi connectivity index (χ3n) is 4.23. The van der Waals surface area contributed by atoms with Gasteiger partial charge in [-0.3, -0.25) is 9.59 Å². The van der Waals surface area contributed by atoms with Crippen molar-refractivity contribution in [3.63, 3.8) is 0 Å². The van der Waals surface area contributed by atoms with Crippen molar-refractivity contribution in [3.05, 3.63) is 23.3 Å². The summed E-state index contributed by atoms with van der Waals surface area (Å²) >= 11 is 0. The van der Waals surface area contributed by atoms with E-state index in [1.165, 1.54) is 7.11 Å². The summed E-state index contributed by atoms with van der Waals surface area (Å²) in [6, 6.07) is 3.65. The van der Waals surface area contributed by atoms with Gasteiger partial charge >= 0.3 is 11.9 Å². The van der Waals surface area contributed by atoms with Crippen LogP contribution in [-0.2, 0) is 25.5 Å². The van der Waals surface area contributed by atoms with Gasteiger partial charge in [0.1, 0.15) is 11.5 Å². The summed E-state index contributed by atoms with van der Waals surface area (Å²) in [6.45, 7) is 0.185. The van der Waals surface area contributed by atoms with Crippen LogP contribution in [-0.4, -0.2) is 25.8 Å². The first-order chi connectivity index (χ1) is 9.64. The van der Waals surface area contributed by atoms with Gasteiger partial charge in [-0.1, -0.05) is 0 Å². The molecule has 1 aromatic rings. The second-order valence-corrected chi connectivity index (χ2v) is 5.28. The fourth-order valence-corrected chi connectivity index (χ4v) is 3.34. The van der Waals surface area contributed by atoms with Gasteiger partial charge in [0, 0.05) is 5.56 Å². The van der Waals surface area contributed by atoms with Crippen LogP contribution in [0.1, 0.15) is 23.7 Å². The second-order valence-electron chi connectivity index (χ2n) is 5.28. The molecule has 3 aliphatic rings. The summed E-state index contributed by atoms with van der Waals surface area (Å²) in [7, 11) is 1.33. The molecule has 2 unspecified atom stereocenters. The molecule has 1 saturated heterocycles. The molecule has 0 aromatic heterocycles. The molecular formula is C14H12O6. The largest absolute Gasteiger partial charge is 0.468 e. The normalized spacial score (nSPS) is 28.9. The highest BCUT2D eigenvalue weighted by Gasteiger charge is 2.60. The van der Waals surface area contributed by atoms with Crippen molar-refractivity contribution in [2.45, 2.75) is 18.9 Å². The zero-order valence-electron chi connectivity index (χ0n) is 10.8. The fraction of sp³-hybridized carbons (Fsp3) is 0.429. The summed E-state index contributed by atoms with van der Waals surface area (Å²) in [4.78, 5) is 23.8. The van der Waals surface area contributed by atoms with E-state index in [9.17, 15) is 9.59 Å². The Morgan fingerprint density at radius 3 is 2.80 bits per heavy atom. The van der Waals surface area contributed by atoms with Crippen LogP contribution in [0.2, 0.25) is 0 Å². The van der Waals surface area contributed by atoms with Gasteiger partial charge in [0.2, 0.25) is 6.79 Å². The number of benzene rings is 1. The van der Waals surface area contributed by atoms with Crippen molar-refractivity contribution >= 4 is 11.9 Å². The van der Waals surface area contributed by atoms with Crippen molar-refractivity contribution < 1.29 is 28.5 Å². The Morgan fingerprint density at radius 2 is 2.05 bits per heavy atom. The number of ether oxygens (including phenoxy) is 4. The highest BCUT2D eigenvalue weighted by molar-refractivity contribution is 5.89. The third kappa shape index (κ3) is 1.28. The van der Waals surface area contributed by atoms with Gasteiger partial charge < -0.3 is 18.9 Å². The Kier molecular flexibility index (Phi) is 2.11. The molecule has 1 aliphatic carbocycles. The van der Waals surface area contributed by atoms with E-state index in [2.05, 4.69) is 0 Å². The van der Waals surface area contributed by atoms with Crippen molar-refractivity contribution in [3.8, 4) is 11.5 Å². The molecule has 0 bridgehead atoms. The van der Waals surface area contributed by atoms with Crippen LogP contribution in [0.3, 0.4) is 0 Å². The first-order valence-corrected chi connectivity index (χ1v) is 6.34. The molecule has 6 heteroatoms. The Labute approximate surface area is 114 Å². The van der Waals surface area contributed by atoms with Crippen LogP contribution in [0, 0.1) is 5.41 Å². The predicted molar refractivity (Wildman–Crippen MR) is 64.2 cm³/mol. The molecule has 2 heterocycles. The Hall–Kier alpha value is -2.24. The van der Waals surface area contributed by atoms with Crippen LogP contribution in [0.25, 0.3) is 0 Å². The smallest absolute Gasteiger partial charge is 0.316 e. The monoisotopic (exact) mass is 276 g/mol. The van der Waals surface area contributed by atoms with E-state index in [1.54, 1.807) is 6.07 Å². The Balaban J connectivity index is 1.84. The van der Waals surface area contributed by atoms with E-state index in [1.807, 2.05) is 6.07 Å². The molecule has 0 radical (unpaired) electrons. The van der Waals surface area contributed by atoms with Gasteiger partial charge in [-0.2, -0.15) is 0 Å². The van der Waals surface area contributed by atoms with E-state index < -0.39 is 17.5 Å². The van der Waals surface area contributed by atoms with Gasteiger partial charge in [0.15, 0.2) is 11.5 Å². The minimum absolute atomic E-state index is 0.0470. The average Bonchev–Trinajstić information content (AvgIpc) is 3.07. The second kappa shape index (κ2) is 3.65. The van der Waals surface area contributed by atoms with Gasteiger partial charge in [-0.05, 0) is 24.1 Å². The highest BCUT2D eigenvalue weighted by Crippen LogP contribution is 2.57. The molecule has 2 aliphatic heterocycles. The quantitative estimate of drug-likeness (QED) is 0.716. The molecule has 104 valence electrons. The molecule has 20 heavy (non-hydrogen) atoms. The molecule has 1 fully saturated rings. The van der Waals surface area contributed by atoms with E-state index in [-0.39, 0.29) is 19.2 Å². The van der Waals surface area contributed by atoms with E-state index >= 15 is 0 Å². The highest BCUT2D eigenvalue weighted by atomic mass is 16.7. The standard InChI is InChI=1S/C14H12O6/c1-17-13(16)14-4-7-2-9-10(19-6-18-9)3-8(7)12(14)20-11(15)5-14/h2-3,12H,4-6H2,1H3. The lowest BCUT2D eigenvalue weighted by atomic mass is 9.81. The number of esters is 2. The van der Waals surface area contributed by atoms with Gasteiger partial charge in [-0.15, -0.1) is 0 Å². The number of rotatable bonds is 1. The first-order valence-electron chi connectivity index (χ1n) is 6.34. The van der Waals surface area contributed by atoms with E-state index in [0.717, 1.165) is 11.1 Å². The number of hydrogen-bond donors (Lipinski definition) is 0. The van der Waals surface area contributed by atoms with Gasteiger partial charge in [-0.25, -0.2) is 0 Å². The van der Waals surface area contributed by atoms with Crippen LogP contribution in [0.15, 0.2) is 12.1 Å². The number of methoxy groups -OCH3 is 1. The lowest BCUT2D eigenvalue weighted by molar-refractivity contribution is -0.155. The van der Waals surface area contributed by atoms with Crippen molar-refractivity contribution in [1.82, 2.24) is 0 Å². The lowest BCUT2D eigenvalue weighted by Crippen LogP contribution is -2.33. The zero-order chi connectivity index (χ0) is 13.9. The minimum atomic E-state index is -0.941. The molecule has 0 N–H and O–H groups in total. The maximum atomic E-state index is 12.2. The average molecular weight is 276 g/mol. The molecule has 4 rings (SSSR count). The van der Waals surface area contributed by atoms with Gasteiger partial charge in [0.25, 0.3) is 0 Å². The predicted octanol–water partition coefficient (Wildman–Crippen LogP) is 1.12. The number of carbonyl (C=O) groups excluding carboxylic acids is 2. The molecule has 0 spiro atoms. The number of carbonyl (C=O) groups is 2. The van der Waals surface area contributed by atoms with E-state index in [0.29, 0.717) is 17.9 Å². The van der Waals surface area contributed by atoms with Crippen LogP contribution < -0.4 is 9.47 Å². The molecule has 6 nitrogen and oxygen atoms in total. The van der Waals surface area contributed by atoms with Crippen LogP contribution in [0.5, 0.6) is 11.5 Å². The van der Waals surface area contributed by atoms with E-state index in [4.69, 9.17) is 18.9 Å². The summed E-state index contributed by atoms with van der Waals surface area (Å²) in [6.07, 6.45) is -0.125. The van der Waals surface area contributed by atoms with Crippen LogP contribution in [0.4, 0.5) is 0 Å². The molecule has 0 amide bonds. The fourth-order valence-electron chi connectivity index (χ4n) is 3.34. The molecule has 1 aromatic carbocycles. The Morgan fingerprint density at radius 1 is 1.30 bits per heavy atom. The topological polar surface area (TPSA) is 71.1 Å². The van der Waals surface area contributed by atoms with Crippen LogP contribution >= 0.6 is 0 Å². The number of hydrogen-bond acceptors (Lipinski definition) is 6. The summed E-state index contributed by atoms with van der Waals surface area (Å²) in [5, 5.41) is 0. The summed E-state index contributed by atoms with van der Waals surface area (Å²) in [5.41, 5.74) is 0.811. The molecular weight excluding hydrogens is 264 g/mol. The maximum Gasteiger partial charge on any atom is 0.316 e.